The Labute approximate surface area is 213 Å². The zero-order valence-electron chi connectivity index (χ0n) is 18.5. The molecule has 2 heterocycles. The molecule has 10 heteroatoms. The summed E-state index contributed by atoms with van der Waals surface area (Å²) < 4.78 is 8.32. The van der Waals surface area contributed by atoms with Gasteiger partial charge in [0.05, 0.1) is 30.3 Å². The second-order valence-corrected chi connectivity index (χ2v) is 9.23. The highest BCUT2D eigenvalue weighted by Crippen LogP contribution is 2.17. The Bertz CT molecular complexity index is 1490. The number of furan rings is 1. The van der Waals surface area contributed by atoms with Crippen LogP contribution in [0.1, 0.15) is 29.0 Å². The highest BCUT2D eigenvalue weighted by molar-refractivity contribution is 9.10. The van der Waals surface area contributed by atoms with Gasteiger partial charge in [-0.3, -0.25) is 23.5 Å². The van der Waals surface area contributed by atoms with Crippen LogP contribution in [0.2, 0.25) is 5.02 Å². The number of fused-ring (bicyclic) bond motifs is 1. The van der Waals surface area contributed by atoms with Crippen LogP contribution in [0, 0.1) is 0 Å². The molecule has 180 valence electrons. The van der Waals surface area contributed by atoms with Gasteiger partial charge < -0.3 is 9.73 Å². The summed E-state index contributed by atoms with van der Waals surface area (Å²) in [6, 6.07) is 14.9. The lowest BCUT2D eigenvalue weighted by molar-refractivity contribution is -0.121. The first-order valence-electron chi connectivity index (χ1n) is 10.8. The maximum Gasteiger partial charge on any atom is 0.331 e. The normalized spacial score (nSPS) is 11.0. The first kappa shape index (κ1) is 24.7. The zero-order chi connectivity index (χ0) is 24.9. The average Bonchev–Trinajstić information content (AvgIpc) is 3.36. The Kier molecular flexibility index (Phi) is 7.67. The molecule has 0 fully saturated rings. The van der Waals surface area contributed by atoms with E-state index >= 15 is 0 Å². The molecule has 1 N–H and O–H groups in total. The molecule has 4 rings (SSSR count). The highest BCUT2D eigenvalue weighted by Gasteiger charge is 2.17. The van der Waals surface area contributed by atoms with Crippen molar-refractivity contribution in [1.82, 2.24) is 14.5 Å². The molecule has 0 unspecified atom stereocenters. The molecule has 1 amide bonds. The molecule has 8 nitrogen and oxygen atoms in total. The van der Waals surface area contributed by atoms with Crippen LogP contribution in [-0.4, -0.2) is 20.8 Å². The number of carbonyl (C=O) groups is 2. The molecule has 4 aromatic rings. The molecule has 2 aromatic heterocycles. The number of halogens is 2. The van der Waals surface area contributed by atoms with Crippen molar-refractivity contribution in [3.05, 3.63) is 103 Å². The summed E-state index contributed by atoms with van der Waals surface area (Å²) in [5.41, 5.74) is -0.414. The molecule has 0 atom stereocenters. The number of nitrogens with one attached hydrogen (secondary N) is 1. The number of benzene rings is 2. The van der Waals surface area contributed by atoms with Crippen LogP contribution in [0.25, 0.3) is 10.9 Å². The van der Waals surface area contributed by atoms with Crippen molar-refractivity contribution < 1.29 is 14.0 Å². The van der Waals surface area contributed by atoms with E-state index in [1.807, 2.05) is 0 Å². The molecule has 0 aliphatic heterocycles. The van der Waals surface area contributed by atoms with E-state index in [0.29, 0.717) is 16.3 Å². The lowest BCUT2D eigenvalue weighted by Crippen LogP contribution is -2.41. The second-order valence-electron chi connectivity index (χ2n) is 7.88. The fourth-order valence-corrected chi connectivity index (χ4v) is 4.13. The standard InChI is InChI=1S/C25H21BrClN3O5/c26-17-7-5-16(6-8-17)22(31)15-30-21-13-18(27)9-10-20(21)24(33)29(25(30)34)11-1-4-23(32)28-14-19-3-2-12-35-19/h2-3,5-10,12-13H,1,4,11,14-15H2,(H,28,32). The molecule has 0 spiro atoms. The molecular weight excluding hydrogens is 538 g/mol. The van der Waals surface area contributed by atoms with Gasteiger partial charge in [-0.2, -0.15) is 0 Å². The predicted molar refractivity (Wildman–Crippen MR) is 136 cm³/mol. The van der Waals surface area contributed by atoms with E-state index in [1.165, 1.54) is 23.0 Å². The topological polar surface area (TPSA) is 103 Å². The zero-order valence-corrected chi connectivity index (χ0v) is 20.8. The maximum atomic E-state index is 13.3. The van der Waals surface area contributed by atoms with Gasteiger partial charge in [0.15, 0.2) is 5.78 Å². The van der Waals surface area contributed by atoms with E-state index in [1.54, 1.807) is 42.5 Å². The van der Waals surface area contributed by atoms with Crippen molar-refractivity contribution in [2.24, 2.45) is 0 Å². The van der Waals surface area contributed by atoms with Crippen LogP contribution < -0.4 is 16.6 Å². The molecule has 0 saturated carbocycles. The summed E-state index contributed by atoms with van der Waals surface area (Å²) in [6.07, 6.45) is 1.90. The van der Waals surface area contributed by atoms with E-state index in [2.05, 4.69) is 21.2 Å². The van der Waals surface area contributed by atoms with Gasteiger partial charge in [0.25, 0.3) is 5.56 Å². The van der Waals surface area contributed by atoms with E-state index in [-0.39, 0.29) is 55.1 Å². The minimum Gasteiger partial charge on any atom is -0.467 e. The second kappa shape index (κ2) is 10.9. The van der Waals surface area contributed by atoms with Crippen molar-refractivity contribution >= 4 is 50.1 Å². The number of carbonyl (C=O) groups excluding carboxylic acids is 2. The Morgan fingerprint density at radius 2 is 1.80 bits per heavy atom. The van der Waals surface area contributed by atoms with Gasteiger partial charge in [-0.05, 0) is 48.9 Å². The lowest BCUT2D eigenvalue weighted by Gasteiger charge is -2.14. The largest absolute Gasteiger partial charge is 0.467 e. The SMILES string of the molecule is O=C(CCCn1c(=O)c2ccc(Cl)cc2n(CC(=O)c2ccc(Br)cc2)c1=O)NCc1ccco1. The maximum absolute atomic E-state index is 13.3. The first-order chi connectivity index (χ1) is 16.8. The van der Waals surface area contributed by atoms with Gasteiger partial charge >= 0.3 is 5.69 Å². The molecule has 35 heavy (non-hydrogen) atoms. The number of hydrogen-bond acceptors (Lipinski definition) is 5. The lowest BCUT2D eigenvalue weighted by atomic mass is 10.1. The summed E-state index contributed by atoms with van der Waals surface area (Å²) in [5.74, 6) is 0.109. The van der Waals surface area contributed by atoms with Crippen molar-refractivity contribution in [2.75, 3.05) is 0 Å². The molecule has 0 aliphatic rings. The molecule has 0 radical (unpaired) electrons. The van der Waals surface area contributed by atoms with Crippen LogP contribution in [-0.2, 0) is 24.4 Å². The minimum absolute atomic E-state index is 0.0247. The van der Waals surface area contributed by atoms with Gasteiger partial charge in [-0.25, -0.2) is 4.79 Å². The number of aromatic nitrogens is 2. The van der Waals surface area contributed by atoms with Crippen LogP contribution in [0.5, 0.6) is 0 Å². The van der Waals surface area contributed by atoms with Crippen LogP contribution >= 0.6 is 27.5 Å². The quantitative estimate of drug-likeness (QED) is 0.311. The Morgan fingerprint density at radius 3 is 2.51 bits per heavy atom. The average molecular weight is 559 g/mol. The number of amides is 1. The van der Waals surface area contributed by atoms with Gasteiger partial charge in [0, 0.05) is 28.0 Å². The summed E-state index contributed by atoms with van der Waals surface area (Å²) in [6.45, 7) is 0.0194. The summed E-state index contributed by atoms with van der Waals surface area (Å²) in [5, 5.41) is 3.33. The number of rotatable bonds is 9. The summed E-state index contributed by atoms with van der Waals surface area (Å²) in [7, 11) is 0. The van der Waals surface area contributed by atoms with Crippen molar-refractivity contribution in [3.8, 4) is 0 Å². The molecule has 0 saturated heterocycles. The molecular formula is C25H21BrClN3O5. The van der Waals surface area contributed by atoms with Gasteiger partial charge in [0.1, 0.15) is 5.76 Å². The number of ketones is 1. The van der Waals surface area contributed by atoms with E-state index in [4.69, 9.17) is 16.0 Å². The van der Waals surface area contributed by atoms with Gasteiger partial charge in [-0.15, -0.1) is 0 Å². The van der Waals surface area contributed by atoms with E-state index in [0.717, 1.165) is 9.04 Å². The fourth-order valence-electron chi connectivity index (χ4n) is 3.70. The molecule has 0 bridgehead atoms. The number of hydrogen-bond donors (Lipinski definition) is 1. The summed E-state index contributed by atoms with van der Waals surface area (Å²) >= 11 is 9.46. The van der Waals surface area contributed by atoms with E-state index in [9.17, 15) is 19.2 Å². The van der Waals surface area contributed by atoms with Crippen LogP contribution in [0.15, 0.2) is 79.3 Å². The first-order valence-corrected chi connectivity index (χ1v) is 12.0. The Morgan fingerprint density at radius 1 is 1.03 bits per heavy atom. The minimum atomic E-state index is -0.633. The predicted octanol–water partition coefficient (Wildman–Crippen LogP) is 4.15. The van der Waals surface area contributed by atoms with E-state index < -0.39 is 11.2 Å². The Balaban J connectivity index is 1.57. The van der Waals surface area contributed by atoms with Gasteiger partial charge in [0.2, 0.25) is 5.91 Å². The monoisotopic (exact) mass is 557 g/mol. The van der Waals surface area contributed by atoms with Crippen molar-refractivity contribution in [1.29, 1.82) is 0 Å². The molecule has 0 aliphatic carbocycles. The Hall–Kier alpha value is -3.43. The van der Waals surface area contributed by atoms with Crippen LogP contribution in [0.4, 0.5) is 0 Å². The molecule has 2 aromatic carbocycles. The number of Topliss-reactive ketones (excluding diaryl/α,β-unsaturated/α-hetero) is 1. The smallest absolute Gasteiger partial charge is 0.331 e. The fraction of sp³-hybridized carbons (Fsp3) is 0.200. The van der Waals surface area contributed by atoms with Crippen molar-refractivity contribution in [3.63, 3.8) is 0 Å². The van der Waals surface area contributed by atoms with Crippen LogP contribution in [0.3, 0.4) is 0 Å². The third-order valence-electron chi connectivity index (χ3n) is 5.48. The third-order valence-corrected chi connectivity index (χ3v) is 6.25. The third kappa shape index (κ3) is 5.80. The highest BCUT2D eigenvalue weighted by atomic mass is 79.9. The van der Waals surface area contributed by atoms with Crippen molar-refractivity contribution in [2.45, 2.75) is 32.5 Å². The summed E-state index contributed by atoms with van der Waals surface area (Å²) in [4.78, 5) is 51.4. The van der Waals surface area contributed by atoms with Gasteiger partial charge in [-0.1, -0.05) is 39.7 Å². The number of nitrogens with zero attached hydrogens (tertiary/aromatic N) is 2.